The number of nitrogens with zero attached hydrogens (tertiary/aromatic N) is 4. The van der Waals surface area contributed by atoms with Crippen molar-refractivity contribution in [2.75, 3.05) is 6.54 Å². The first-order chi connectivity index (χ1) is 9.70. The highest BCUT2D eigenvalue weighted by Crippen LogP contribution is 2.20. The number of hydroxylamine groups is 4. The van der Waals surface area contributed by atoms with Crippen molar-refractivity contribution in [3.63, 3.8) is 0 Å². The van der Waals surface area contributed by atoms with E-state index in [2.05, 4.69) is 5.10 Å². The monoisotopic (exact) mass is 304 g/mol. The van der Waals surface area contributed by atoms with Crippen LogP contribution in [0.25, 0.3) is 0 Å². The van der Waals surface area contributed by atoms with Gasteiger partial charge < -0.3 is 14.4 Å². The van der Waals surface area contributed by atoms with E-state index in [1.807, 2.05) is 0 Å². The zero-order valence-corrected chi connectivity index (χ0v) is 11.3. The van der Waals surface area contributed by atoms with Gasteiger partial charge in [-0.15, -0.1) is 5.06 Å². The third-order valence-electron chi connectivity index (χ3n) is 1.94. The SMILES string of the molecule is CC(=O)OC1N(OC(C)=O)C/C(=N/[N+](=O)[O-])N1OC(C)=O. The molecule has 0 aromatic carbocycles. The van der Waals surface area contributed by atoms with Crippen LogP contribution >= 0.6 is 0 Å². The Morgan fingerprint density at radius 1 is 1.19 bits per heavy atom. The number of carbonyl (C=O) groups excluding carboxylic acids is 3. The number of rotatable bonds is 4. The molecule has 0 bridgehead atoms. The molecule has 1 aliphatic heterocycles. The van der Waals surface area contributed by atoms with Gasteiger partial charge in [0.25, 0.3) is 6.35 Å². The van der Waals surface area contributed by atoms with Crippen molar-refractivity contribution in [1.82, 2.24) is 10.1 Å². The Kier molecular flexibility index (Phi) is 5.12. The highest BCUT2D eigenvalue weighted by molar-refractivity contribution is 5.86. The van der Waals surface area contributed by atoms with E-state index in [0.29, 0.717) is 5.06 Å². The van der Waals surface area contributed by atoms with Crippen molar-refractivity contribution < 1.29 is 33.8 Å². The Morgan fingerprint density at radius 3 is 2.19 bits per heavy atom. The fourth-order valence-corrected chi connectivity index (χ4v) is 1.44. The standard InChI is InChI=1S/C9H12N4O8/c1-5(14)19-9-11(20-6(2)15)4-8(10-13(17)18)12(9)21-7(3)16/h9H,4H2,1-3H3/b10-8-. The van der Waals surface area contributed by atoms with Crippen LogP contribution in [0.1, 0.15) is 20.8 Å². The minimum absolute atomic E-state index is 0.386. The molecule has 21 heavy (non-hydrogen) atoms. The number of hydrogen-bond acceptors (Lipinski definition) is 9. The van der Waals surface area contributed by atoms with Crippen LogP contribution in [0, 0.1) is 10.1 Å². The van der Waals surface area contributed by atoms with Gasteiger partial charge in [-0.3, -0.25) is 14.4 Å². The number of esters is 1. The maximum Gasteiger partial charge on any atom is 0.329 e. The van der Waals surface area contributed by atoms with Gasteiger partial charge in [0.15, 0.2) is 5.03 Å². The van der Waals surface area contributed by atoms with E-state index in [-0.39, 0.29) is 5.84 Å². The normalized spacial score (nSPS) is 20.2. The van der Waals surface area contributed by atoms with E-state index < -0.39 is 35.8 Å². The van der Waals surface area contributed by atoms with Crippen molar-refractivity contribution in [3.05, 3.63) is 10.1 Å². The number of hydrazone groups is 1. The van der Waals surface area contributed by atoms with Crippen molar-refractivity contribution in [2.24, 2.45) is 5.10 Å². The molecule has 1 aliphatic rings. The summed E-state index contributed by atoms with van der Waals surface area (Å²) in [5, 5.41) is 13.8. The lowest BCUT2D eigenvalue weighted by Crippen LogP contribution is -2.44. The van der Waals surface area contributed by atoms with Crippen molar-refractivity contribution in [3.8, 4) is 0 Å². The van der Waals surface area contributed by atoms with Crippen LogP contribution in [0.15, 0.2) is 5.10 Å². The van der Waals surface area contributed by atoms with Gasteiger partial charge in [0.05, 0.1) is 5.10 Å². The number of hydrogen-bond donors (Lipinski definition) is 0. The average Bonchev–Trinajstić information content (AvgIpc) is 2.55. The topological polar surface area (TPSA) is 141 Å². The first-order valence-corrected chi connectivity index (χ1v) is 5.52. The van der Waals surface area contributed by atoms with E-state index in [4.69, 9.17) is 14.4 Å². The van der Waals surface area contributed by atoms with Gasteiger partial charge in [-0.25, -0.2) is 10.1 Å². The summed E-state index contributed by atoms with van der Waals surface area (Å²) in [6, 6.07) is 0. The molecule has 1 unspecified atom stereocenters. The molecule has 0 aliphatic carbocycles. The molecular formula is C9H12N4O8. The molecular weight excluding hydrogens is 292 g/mol. The number of ether oxygens (including phenoxy) is 1. The molecule has 0 amide bonds. The third kappa shape index (κ3) is 4.68. The second kappa shape index (κ2) is 6.60. The molecule has 116 valence electrons. The summed E-state index contributed by atoms with van der Waals surface area (Å²) in [5.74, 6) is -2.79. The molecule has 1 rings (SSSR count). The van der Waals surface area contributed by atoms with E-state index in [9.17, 15) is 24.5 Å². The van der Waals surface area contributed by atoms with Crippen molar-refractivity contribution in [2.45, 2.75) is 27.1 Å². The van der Waals surface area contributed by atoms with Gasteiger partial charge in [0, 0.05) is 20.8 Å². The molecule has 12 nitrogen and oxygen atoms in total. The molecule has 1 fully saturated rings. The largest absolute Gasteiger partial charge is 0.421 e. The molecule has 0 radical (unpaired) electrons. The zero-order valence-electron chi connectivity index (χ0n) is 11.3. The summed E-state index contributed by atoms with van der Waals surface area (Å²) in [6.45, 7) is 2.75. The lowest BCUT2D eigenvalue weighted by atomic mass is 10.6. The summed E-state index contributed by atoms with van der Waals surface area (Å²) in [6.07, 6.45) is -1.51. The third-order valence-corrected chi connectivity index (χ3v) is 1.94. The van der Waals surface area contributed by atoms with Crippen LogP contribution < -0.4 is 0 Å². The zero-order chi connectivity index (χ0) is 16.2. The van der Waals surface area contributed by atoms with Gasteiger partial charge >= 0.3 is 17.9 Å². The van der Waals surface area contributed by atoms with E-state index in [0.717, 1.165) is 25.8 Å². The minimum atomic E-state index is -1.51. The molecule has 1 saturated heterocycles. The van der Waals surface area contributed by atoms with Crippen LogP contribution in [-0.4, -0.2) is 51.8 Å². The quantitative estimate of drug-likeness (QED) is 0.360. The fraction of sp³-hybridized carbons (Fsp3) is 0.556. The highest BCUT2D eigenvalue weighted by atomic mass is 16.8. The maximum atomic E-state index is 11.1. The summed E-state index contributed by atoms with van der Waals surface area (Å²) < 4.78 is 4.81. The minimum Gasteiger partial charge on any atom is -0.421 e. The van der Waals surface area contributed by atoms with Crippen molar-refractivity contribution in [1.29, 1.82) is 0 Å². The van der Waals surface area contributed by atoms with Gasteiger partial charge in [-0.05, 0) is 0 Å². The van der Waals surface area contributed by atoms with Crippen LogP contribution in [-0.2, 0) is 28.8 Å². The van der Waals surface area contributed by atoms with Crippen LogP contribution in [0.2, 0.25) is 0 Å². The molecule has 1 atom stereocenters. The second-order valence-corrected chi connectivity index (χ2v) is 3.76. The lowest BCUT2D eigenvalue weighted by molar-refractivity contribution is -0.486. The Morgan fingerprint density at radius 2 is 1.76 bits per heavy atom. The van der Waals surface area contributed by atoms with Crippen LogP contribution in [0.4, 0.5) is 0 Å². The number of carbonyl (C=O) groups is 3. The molecule has 0 N–H and O–H groups in total. The first-order valence-electron chi connectivity index (χ1n) is 5.52. The van der Waals surface area contributed by atoms with Crippen molar-refractivity contribution >= 4 is 23.7 Å². The summed E-state index contributed by atoms with van der Waals surface area (Å²) in [5.41, 5.74) is 0. The number of nitro groups is 1. The molecule has 12 heteroatoms. The molecule has 0 saturated carbocycles. The van der Waals surface area contributed by atoms with Crippen LogP contribution in [0.3, 0.4) is 0 Å². The Bertz CT molecular complexity index is 504. The average molecular weight is 304 g/mol. The smallest absolute Gasteiger partial charge is 0.329 e. The molecule has 0 spiro atoms. The summed E-state index contributed by atoms with van der Waals surface area (Å²) >= 11 is 0. The molecule has 0 aromatic rings. The highest BCUT2D eigenvalue weighted by Gasteiger charge is 2.45. The first kappa shape index (κ1) is 16.3. The fourth-order valence-electron chi connectivity index (χ4n) is 1.44. The van der Waals surface area contributed by atoms with Crippen LogP contribution in [0.5, 0.6) is 0 Å². The predicted molar refractivity (Wildman–Crippen MR) is 62.1 cm³/mol. The van der Waals surface area contributed by atoms with E-state index >= 15 is 0 Å². The molecule has 1 heterocycles. The molecule has 0 aromatic heterocycles. The van der Waals surface area contributed by atoms with E-state index in [1.165, 1.54) is 0 Å². The lowest BCUT2D eigenvalue weighted by Gasteiger charge is -2.25. The van der Waals surface area contributed by atoms with E-state index in [1.54, 1.807) is 0 Å². The van der Waals surface area contributed by atoms with Gasteiger partial charge in [-0.1, -0.05) is 5.06 Å². The van der Waals surface area contributed by atoms with Gasteiger partial charge in [0.1, 0.15) is 6.54 Å². The van der Waals surface area contributed by atoms with Gasteiger partial charge in [0.2, 0.25) is 5.84 Å². The number of amidine groups is 1. The predicted octanol–water partition coefficient (Wildman–Crippen LogP) is -1.00. The Balaban J connectivity index is 3.11. The summed E-state index contributed by atoms with van der Waals surface area (Å²) in [4.78, 5) is 53.0. The second-order valence-electron chi connectivity index (χ2n) is 3.76. The Labute approximate surface area is 117 Å². The maximum absolute atomic E-state index is 11.1. The Hall–Kier alpha value is -2.76. The summed E-state index contributed by atoms with van der Waals surface area (Å²) in [7, 11) is 0. The van der Waals surface area contributed by atoms with Gasteiger partial charge in [-0.2, -0.15) is 0 Å².